The summed E-state index contributed by atoms with van der Waals surface area (Å²) >= 11 is 0. The SMILES string of the molecule is NC(=O)c1nc2n(c1C(N)=O)CCc1ccccc1C21CCNCC1. The van der Waals surface area contributed by atoms with Crippen LogP contribution in [0.15, 0.2) is 24.3 Å². The maximum Gasteiger partial charge on any atom is 0.269 e. The number of imidazole rings is 1. The highest BCUT2D eigenvalue weighted by atomic mass is 16.2. The number of primary amides is 2. The topological polar surface area (TPSA) is 116 Å². The van der Waals surface area contributed by atoms with Gasteiger partial charge < -0.3 is 21.4 Å². The van der Waals surface area contributed by atoms with Gasteiger partial charge in [0.2, 0.25) is 0 Å². The van der Waals surface area contributed by atoms with Crippen LogP contribution < -0.4 is 16.8 Å². The zero-order valence-electron chi connectivity index (χ0n) is 13.9. The molecule has 0 aliphatic carbocycles. The van der Waals surface area contributed by atoms with Gasteiger partial charge in [0, 0.05) is 6.54 Å². The first-order chi connectivity index (χ1) is 12.0. The molecule has 1 aromatic carbocycles. The normalized spacial score (nSPS) is 18.2. The monoisotopic (exact) mass is 339 g/mol. The average molecular weight is 339 g/mol. The molecule has 25 heavy (non-hydrogen) atoms. The molecule has 0 radical (unpaired) electrons. The fraction of sp³-hybridized carbons (Fsp3) is 0.389. The molecule has 2 amide bonds. The number of carbonyl (C=O) groups is 2. The molecule has 0 atom stereocenters. The third kappa shape index (κ3) is 2.26. The average Bonchev–Trinajstić information content (AvgIpc) is 2.96. The molecule has 5 N–H and O–H groups in total. The summed E-state index contributed by atoms with van der Waals surface area (Å²) < 4.78 is 1.83. The third-order valence-electron chi connectivity index (χ3n) is 5.46. The van der Waals surface area contributed by atoms with Crippen LogP contribution in [0.2, 0.25) is 0 Å². The van der Waals surface area contributed by atoms with E-state index in [0.717, 1.165) is 38.2 Å². The van der Waals surface area contributed by atoms with E-state index in [1.807, 2.05) is 16.7 Å². The summed E-state index contributed by atoms with van der Waals surface area (Å²) in [7, 11) is 0. The number of nitrogens with one attached hydrogen (secondary N) is 1. The van der Waals surface area contributed by atoms with E-state index in [1.165, 1.54) is 11.1 Å². The second-order valence-corrected chi connectivity index (χ2v) is 6.75. The highest BCUT2D eigenvalue weighted by Gasteiger charge is 2.44. The molecule has 1 fully saturated rings. The number of nitrogens with zero attached hydrogens (tertiary/aromatic N) is 2. The lowest BCUT2D eigenvalue weighted by Crippen LogP contribution is -2.42. The van der Waals surface area contributed by atoms with Gasteiger partial charge in [0.05, 0.1) is 5.41 Å². The van der Waals surface area contributed by atoms with Gasteiger partial charge in [0.15, 0.2) is 5.69 Å². The van der Waals surface area contributed by atoms with Gasteiger partial charge in [-0.05, 0) is 43.5 Å². The summed E-state index contributed by atoms with van der Waals surface area (Å²) in [5.41, 5.74) is 13.3. The first-order valence-electron chi connectivity index (χ1n) is 8.54. The van der Waals surface area contributed by atoms with E-state index in [9.17, 15) is 9.59 Å². The Morgan fingerprint density at radius 3 is 2.52 bits per heavy atom. The first-order valence-corrected chi connectivity index (χ1v) is 8.54. The fourth-order valence-corrected chi connectivity index (χ4v) is 4.36. The molecule has 2 aliphatic heterocycles. The zero-order chi connectivity index (χ0) is 17.6. The number of aryl methyl sites for hydroxylation is 1. The summed E-state index contributed by atoms with van der Waals surface area (Å²) in [6.07, 6.45) is 2.45. The van der Waals surface area contributed by atoms with Gasteiger partial charge >= 0.3 is 0 Å². The smallest absolute Gasteiger partial charge is 0.269 e. The van der Waals surface area contributed by atoms with Crippen molar-refractivity contribution in [2.75, 3.05) is 13.1 Å². The molecule has 130 valence electrons. The van der Waals surface area contributed by atoms with Crippen molar-refractivity contribution >= 4 is 11.8 Å². The quantitative estimate of drug-likeness (QED) is 0.730. The van der Waals surface area contributed by atoms with Crippen LogP contribution in [0, 0.1) is 0 Å². The van der Waals surface area contributed by atoms with Gasteiger partial charge in [-0.3, -0.25) is 9.59 Å². The second kappa shape index (κ2) is 5.70. The van der Waals surface area contributed by atoms with Crippen LogP contribution in [0.25, 0.3) is 0 Å². The molecule has 7 heteroatoms. The minimum Gasteiger partial charge on any atom is -0.364 e. The van der Waals surface area contributed by atoms with Gasteiger partial charge in [-0.15, -0.1) is 0 Å². The van der Waals surface area contributed by atoms with E-state index in [2.05, 4.69) is 22.4 Å². The predicted molar refractivity (Wildman–Crippen MR) is 92.3 cm³/mol. The molecule has 1 aromatic heterocycles. The van der Waals surface area contributed by atoms with E-state index in [0.29, 0.717) is 6.54 Å². The Morgan fingerprint density at radius 2 is 1.84 bits per heavy atom. The van der Waals surface area contributed by atoms with Crippen LogP contribution in [0.1, 0.15) is 50.8 Å². The Balaban J connectivity index is 2.03. The van der Waals surface area contributed by atoms with Crippen molar-refractivity contribution in [3.8, 4) is 0 Å². The van der Waals surface area contributed by atoms with Gasteiger partial charge in [-0.1, -0.05) is 24.3 Å². The summed E-state index contributed by atoms with van der Waals surface area (Å²) in [5.74, 6) is -0.643. The maximum atomic E-state index is 12.1. The minimum absolute atomic E-state index is 0.0141. The van der Waals surface area contributed by atoms with E-state index >= 15 is 0 Å². The fourth-order valence-electron chi connectivity index (χ4n) is 4.36. The molecule has 4 rings (SSSR count). The summed E-state index contributed by atoms with van der Waals surface area (Å²) in [6.45, 7) is 2.25. The molecule has 0 saturated carbocycles. The number of rotatable bonds is 2. The molecule has 7 nitrogen and oxygen atoms in total. The Morgan fingerprint density at radius 1 is 1.12 bits per heavy atom. The molecule has 2 aromatic rings. The lowest BCUT2D eigenvalue weighted by molar-refractivity contribution is 0.0959. The summed E-state index contributed by atoms with van der Waals surface area (Å²) in [6, 6.07) is 8.33. The molecule has 1 saturated heterocycles. The number of nitrogens with two attached hydrogens (primary N) is 2. The molecule has 2 aliphatic rings. The number of piperidine rings is 1. The lowest BCUT2D eigenvalue weighted by atomic mass is 9.71. The van der Waals surface area contributed by atoms with Gasteiger partial charge in [-0.25, -0.2) is 4.98 Å². The second-order valence-electron chi connectivity index (χ2n) is 6.75. The predicted octanol–water partition coefficient (Wildman–Crippen LogP) is 0.306. The van der Waals surface area contributed by atoms with Crippen molar-refractivity contribution in [1.82, 2.24) is 14.9 Å². The number of aromatic nitrogens is 2. The van der Waals surface area contributed by atoms with Crippen molar-refractivity contribution in [2.24, 2.45) is 11.5 Å². The Hall–Kier alpha value is -2.67. The first kappa shape index (κ1) is 15.8. The van der Waals surface area contributed by atoms with E-state index < -0.39 is 11.8 Å². The van der Waals surface area contributed by atoms with Crippen molar-refractivity contribution in [3.63, 3.8) is 0 Å². The Labute approximate surface area is 145 Å². The van der Waals surface area contributed by atoms with Crippen molar-refractivity contribution < 1.29 is 9.59 Å². The Bertz CT molecular complexity index is 864. The number of hydrogen-bond acceptors (Lipinski definition) is 4. The number of hydrogen-bond donors (Lipinski definition) is 3. The van der Waals surface area contributed by atoms with Gasteiger partial charge in [0.25, 0.3) is 11.8 Å². The third-order valence-corrected chi connectivity index (χ3v) is 5.46. The van der Waals surface area contributed by atoms with Crippen LogP contribution in [-0.2, 0) is 18.4 Å². The van der Waals surface area contributed by atoms with Crippen LogP contribution >= 0.6 is 0 Å². The van der Waals surface area contributed by atoms with Gasteiger partial charge in [-0.2, -0.15) is 0 Å². The molecule has 0 unspecified atom stereocenters. The van der Waals surface area contributed by atoms with Crippen LogP contribution in [0.5, 0.6) is 0 Å². The summed E-state index contributed by atoms with van der Waals surface area (Å²) in [4.78, 5) is 28.5. The highest BCUT2D eigenvalue weighted by molar-refractivity contribution is 6.04. The maximum absolute atomic E-state index is 12.1. The lowest BCUT2D eigenvalue weighted by Gasteiger charge is -2.37. The molecular formula is C18H21N5O2. The number of benzene rings is 1. The molecule has 0 bridgehead atoms. The van der Waals surface area contributed by atoms with Crippen LogP contribution in [0.4, 0.5) is 0 Å². The van der Waals surface area contributed by atoms with Crippen LogP contribution in [-0.4, -0.2) is 34.5 Å². The van der Waals surface area contributed by atoms with E-state index in [1.54, 1.807) is 0 Å². The molecule has 3 heterocycles. The van der Waals surface area contributed by atoms with Crippen molar-refractivity contribution in [3.05, 3.63) is 52.6 Å². The van der Waals surface area contributed by atoms with Crippen molar-refractivity contribution in [2.45, 2.75) is 31.2 Å². The Kier molecular flexibility index (Phi) is 3.61. The zero-order valence-corrected chi connectivity index (χ0v) is 13.9. The van der Waals surface area contributed by atoms with Crippen molar-refractivity contribution in [1.29, 1.82) is 0 Å². The number of carbonyl (C=O) groups excluding carboxylic acids is 2. The summed E-state index contributed by atoms with van der Waals surface area (Å²) in [5, 5.41) is 3.38. The number of amides is 2. The number of fused-ring (bicyclic) bond motifs is 4. The standard InChI is InChI=1S/C18H21N5O2/c19-15(24)13-14(16(20)25)23-10-5-11-3-1-2-4-12(11)18(17(23)22-13)6-8-21-9-7-18/h1-4,21H,5-10H2,(H2,19,24)(H2,20,25). The minimum atomic E-state index is -0.716. The highest BCUT2D eigenvalue weighted by Crippen LogP contribution is 2.43. The van der Waals surface area contributed by atoms with E-state index in [4.69, 9.17) is 11.5 Å². The molecule has 1 spiro atoms. The van der Waals surface area contributed by atoms with Crippen LogP contribution in [0.3, 0.4) is 0 Å². The van der Waals surface area contributed by atoms with Gasteiger partial charge in [0.1, 0.15) is 11.5 Å². The molecular weight excluding hydrogens is 318 g/mol. The largest absolute Gasteiger partial charge is 0.364 e. The van der Waals surface area contributed by atoms with E-state index in [-0.39, 0.29) is 16.8 Å².